The zero-order valence-corrected chi connectivity index (χ0v) is 14.2. The Morgan fingerprint density at radius 3 is 2.73 bits per heavy atom. The molecule has 0 N–H and O–H groups in total. The van der Waals surface area contributed by atoms with Crippen molar-refractivity contribution in [2.45, 2.75) is 17.5 Å². The van der Waals surface area contributed by atoms with Gasteiger partial charge in [-0.2, -0.15) is 0 Å². The van der Waals surface area contributed by atoms with Crippen LogP contribution >= 0.6 is 27.7 Å². The van der Waals surface area contributed by atoms with Crippen molar-refractivity contribution in [2.24, 2.45) is 0 Å². The minimum absolute atomic E-state index is 0.645. The third-order valence-corrected chi connectivity index (χ3v) is 4.62. The van der Waals surface area contributed by atoms with Gasteiger partial charge in [-0.05, 0) is 29.8 Å². The van der Waals surface area contributed by atoms with Crippen LogP contribution in [-0.4, -0.2) is 14.8 Å². The fourth-order valence-corrected chi connectivity index (χ4v) is 3.17. The van der Waals surface area contributed by atoms with Gasteiger partial charge in [-0.3, -0.25) is 4.57 Å². The smallest absolute Gasteiger partial charge is 0.200 e. The summed E-state index contributed by atoms with van der Waals surface area (Å²) in [7, 11) is 0. The first-order chi connectivity index (χ1) is 10.8. The molecule has 0 saturated carbocycles. The maximum absolute atomic E-state index is 5.42. The van der Waals surface area contributed by atoms with E-state index in [0.717, 1.165) is 21.2 Å². The Balaban J connectivity index is 1.81. The van der Waals surface area contributed by atoms with Crippen LogP contribution in [0, 0.1) is 0 Å². The number of hydrogen-bond donors (Lipinski definition) is 0. The summed E-state index contributed by atoms with van der Waals surface area (Å²) in [6.45, 7) is 4.45. The highest BCUT2D eigenvalue weighted by molar-refractivity contribution is 9.10. The second kappa shape index (κ2) is 6.98. The number of thioether (sulfide) groups is 1. The van der Waals surface area contributed by atoms with Gasteiger partial charge in [0.05, 0.1) is 6.26 Å². The molecule has 112 valence electrons. The van der Waals surface area contributed by atoms with Crippen LogP contribution in [0.25, 0.3) is 11.6 Å². The average Bonchev–Trinajstić information content (AvgIpc) is 3.17. The SMILES string of the molecule is C=CCn1c(SCc2ccc(Br)cc2)nnc1-c1ccco1. The summed E-state index contributed by atoms with van der Waals surface area (Å²) in [5.74, 6) is 2.27. The summed E-state index contributed by atoms with van der Waals surface area (Å²) in [6, 6.07) is 12.0. The molecule has 3 rings (SSSR count). The van der Waals surface area contributed by atoms with Gasteiger partial charge in [0.2, 0.25) is 5.82 Å². The Morgan fingerprint density at radius 2 is 2.05 bits per heavy atom. The van der Waals surface area contributed by atoms with Crippen LogP contribution in [0.4, 0.5) is 0 Å². The topological polar surface area (TPSA) is 43.9 Å². The number of furan rings is 1. The monoisotopic (exact) mass is 375 g/mol. The van der Waals surface area contributed by atoms with E-state index in [0.29, 0.717) is 12.3 Å². The molecular formula is C16H14BrN3OS. The lowest BCUT2D eigenvalue weighted by Gasteiger charge is -2.06. The molecule has 0 aliphatic heterocycles. The van der Waals surface area contributed by atoms with E-state index >= 15 is 0 Å². The maximum Gasteiger partial charge on any atom is 0.200 e. The molecule has 2 heterocycles. The predicted octanol–water partition coefficient (Wildman–Crippen LogP) is 4.78. The molecule has 22 heavy (non-hydrogen) atoms. The maximum atomic E-state index is 5.42. The molecule has 0 aliphatic rings. The summed E-state index contributed by atoms with van der Waals surface area (Å²) in [5.41, 5.74) is 1.24. The highest BCUT2D eigenvalue weighted by Gasteiger charge is 2.15. The molecule has 3 aromatic rings. The first-order valence-electron chi connectivity index (χ1n) is 6.73. The Kier molecular flexibility index (Phi) is 4.80. The molecule has 0 fully saturated rings. The first kappa shape index (κ1) is 15.1. The number of nitrogens with zero attached hydrogens (tertiary/aromatic N) is 3. The number of halogens is 1. The standard InChI is InChI=1S/C16H14BrN3OS/c1-2-9-20-15(14-4-3-10-21-14)18-19-16(20)22-11-12-5-7-13(17)8-6-12/h2-8,10H,1,9,11H2. The fourth-order valence-electron chi connectivity index (χ4n) is 2.01. The molecule has 0 spiro atoms. The summed E-state index contributed by atoms with van der Waals surface area (Å²) < 4.78 is 8.51. The van der Waals surface area contributed by atoms with Crippen molar-refractivity contribution in [1.29, 1.82) is 0 Å². The molecule has 0 unspecified atom stereocenters. The second-order valence-electron chi connectivity index (χ2n) is 4.60. The van der Waals surface area contributed by atoms with Crippen LogP contribution in [-0.2, 0) is 12.3 Å². The van der Waals surface area contributed by atoms with Crippen molar-refractivity contribution in [2.75, 3.05) is 0 Å². The van der Waals surface area contributed by atoms with Crippen molar-refractivity contribution in [1.82, 2.24) is 14.8 Å². The zero-order valence-electron chi connectivity index (χ0n) is 11.8. The molecular weight excluding hydrogens is 362 g/mol. The number of allylic oxidation sites excluding steroid dienone is 1. The quantitative estimate of drug-likeness (QED) is 0.459. The van der Waals surface area contributed by atoms with Crippen molar-refractivity contribution in [3.05, 3.63) is 65.4 Å². The Morgan fingerprint density at radius 1 is 1.23 bits per heavy atom. The number of aromatic nitrogens is 3. The summed E-state index contributed by atoms with van der Waals surface area (Å²) in [6.07, 6.45) is 3.47. The lowest BCUT2D eigenvalue weighted by atomic mass is 10.2. The largest absolute Gasteiger partial charge is 0.461 e. The Bertz CT molecular complexity index is 750. The van der Waals surface area contributed by atoms with E-state index in [1.807, 2.05) is 34.9 Å². The number of benzene rings is 1. The fraction of sp³-hybridized carbons (Fsp3) is 0.125. The van der Waals surface area contributed by atoms with Crippen LogP contribution in [0.3, 0.4) is 0 Å². The van der Waals surface area contributed by atoms with Crippen molar-refractivity contribution >= 4 is 27.7 Å². The van der Waals surface area contributed by atoms with Gasteiger partial charge in [-0.25, -0.2) is 0 Å². The van der Waals surface area contributed by atoms with Gasteiger partial charge >= 0.3 is 0 Å². The zero-order chi connectivity index (χ0) is 15.4. The average molecular weight is 376 g/mol. The van der Waals surface area contributed by atoms with Gasteiger partial charge < -0.3 is 4.42 Å². The van der Waals surface area contributed by atoms with Gasteiger partial charge in [0.25, 0.3) is 0 Å². The normalized spacial score (nSPS) is 10.8. The van der Waals surface area contributed by atoms with Gasteiger partial charge in [-0.15, -0.1) is 16.8 Å². The lowest BCUT2D eigenvalue weighted by molar-refractivity contribution is 0.569. The van der Waals surface area contributed by atoms with E-state index in [2.05, 4.69) is 44.8 Å². The molecule has 1 aromatic carbocycles. The summed E-state index contributed by atoms with van der Waals surface area (Å²) >= 11 is 5.09. The summed E-state index contributed by atoms with van der Waals surface area (Å²) in [4.78, 5) is 0. The second-order valence-corrected chi connectivity index (χ2v) is 6.46. The molecule has 0 saturated heterocycles. The molecule has 0 atom stereocenters. The van der Waals surface area contributed by atoms with Crippen LogP contribution in [0.15, 0.2) is 69.4 Å². The summed E-state index contributed by atoms with van der Waals surface area (Å²) in [5, 5.41) is 9.38. The van der Waals surface area contributed by atoms with E-state index < -0.39 is 0 Å². The molecule has 0 radical (unpaired) electrons. The minimum Gasteiger partial charge on any atom is -0.461 e. The predicted molar refractivity (Wildman–Crippen MR) is 91.6 cm³/mol. The van der Waals surface area contributed by atoms with Crippen molar-refractivity contribution in [3.63, 3.8) is 0 Å². The molecule has 2 aromatic heterocycles. The van der Waals surface area contributed by atoms with E-state index in [9.17, 15) is 0 Å². The van der Waals surface area contributed by atoms with Crippen molar-refractivity contribution in [3.8, 4) is 11.6 Å². The van der Waals surface area contributed by atoms with Gasteiger partial charge in [0, 0.05) is 16.8 Å². The minimum atomic E-state index is 0.645. The molecule has 4 nitrogen and oxygen atoms in total. The van der Waals surface area contributed by atoms with Gasteiger partial charge in [0.15, 0.2) is 10.9 Å². The van der Waals surface area contributed by atoms with Crippen LogP contribution < -0.4 is 0 Å². The molecule has 0 aliphatic carbocycles. The highest BCUT2D eigenvalue weighted by Crippen LogP contribution is 2.27. The van der Waals surface area contributed by atoms with Gasteiger partial charge in [0.1, 0.15) is 0 Å². The van der Waals surface area contributed by atoms with Gasteiger partial charge in [-0.1, -0.05) is 45.9 Å². The third-order valence-electron chi connectivity index (χ3n) is 3.05. The van der Waals surface area contributed by atoms with Crippen LogP contribution in [0.5, 0.6) is 0 Å². The number of rotatable bonds is 6. The first-order valence-corrected chi connectivity index (χ1v) is 8.51. The molecule has 6 heteroatoms. The lowest BCUT2D eigenvalue weighted by Crippen LogP contribution is -2.00. The Hall–Kier alpha value is -1.79. The van der Waals surface area contributed by atoms with Crippen LogP contribution in [0.2, 0.25) is 0 Å². The van der Waals surface area contributed by atoms with E-state index in [1.165, 1.54) is 5.56 Å². The van der Waals surface area contributed by atoms with E-state index in [4.69, 9.17) is 4.42 Å². The van der Waals surface area contributed by atoms with E-state index in [-0.39, 0.29) is 0 Å². The van der Waals surface area contributed by atoms with Crippen LogP contribution in [0.1, 0.15) is 5.56 Å². The third kappa shape index (κ3) is 3.34. The van der Waals surface area contributed by atoms with Crippen molar-refractivity contribution < 1.29 is 4.42 Å². The highest BCUT2D eigenvalue weighted by atomic mass is 79.9. The molecule has 0 bridgehead atoms. The van der Waals surface area contributed by atoms with E-state index in [1.54, 1.807) is 18.0 Å². The molecule has 0 amide bonds. The Labute approximate surface area is 141 Å². The number of hydrogen-bond acceptors (Lipinski definition) is 4.